The third-order valence-electron chi connectivity index (χ3n) is 4.23. The van der Waals surface area contributed by atoms with Crippen molar-refractivity contribution in [1.82, 2.24) is 9.97 Å². The Labute approximate surface area is 161 Å². The van der Waals surface area contributed by atoms with E-state index in [1.54, 1.807) is 0 Å². The first-order valence-electron chi connectivity index (χ1n) is 8.81. The average molecular weight is 382 g/mol. The van der Waals surface area contributed by atoms with Crippen molar-refractivity contribution in [2.45, 2.75) is 26.7 Å². The van der Waals surface area contributed by atoms with E-state index in [9.17, 15) is 13.6 Å². The van der Waals surface area contributed by atoms with E-state index >= 15 is 0 Å². The third-order valence-corrected chi connectivity index (χ3v) is 4.23. The van der Waals surface area contributed by atoms with Crippen LogP contribution in [0.3, 0.4) is 0 Å². The molecule has 0 aliphatic rings. The molecule has 0 saturated carbocycles. The Morgan fingerprint density at radius 3 is 2.57 bits per heavy atom. The second kappa shape index (κ2) is 8.12. The summed E-state index contributed by atoms with van der Waals surface area (Å²) in [4.78, 5) is 20.8. The van der Waals surface area contributed by atoms with Gasteiger partial charge >= 0.3 is 0 Å². The number of anilines is 3. The zero-order valence-electron chi connectivity index (χ0n) is 15.8. The van der Waals surface area contributed by atoms with Crippen LogP contribution in [0.5, 0.6) is 0 Å². The van der Waals surface area contributed by atoms with Gasteiger partial charge in [-0.3, -0.25) is 4.79 Å². The van der Waals surface area contributed by atoms with Crippen molar-refractivity contribution in [3.05, 3.63) is 77.1 Å². The lowest BCUT2D eigenvalue weighted by Crippen LogP contribution is -2.15. The molecule has 1 heterocycles. The van der Waals surface area contributed by atoms with E-state index in [0.29, 0.717) is 5.92 Å². The molecule has 144 valence electrons. The lowest BCUT2D eigenvalue weighted by molar-refractivity contribution is 0.102. The Morgan fingerprint density at radius 2 is 1.86 bits per heavy atom. The smallest absolute Gasteiger partial charge is 0.274 e. The highest BCUT2D eigenvalue weighted by atomic mass is 19.2. The lowest BCUT2D eigenvalue weighted by atomic mass is 9.98. The number of amides is 1. The molecule has 3 rings (SSSR count). The maximum Gasteiger partial charge on any atom is 0.274 e. The van der Waals surface area contributed by atoms with Gasteiger partial charge in [0.05, 0.1) is 0 Å². The van der Waals surface area contributed by atoms with Gasteiger partial charge in [0.1, 0.15) is 5.69 Å². The largest absolute Gasteiger partial charge is 0.324 e. The summed E-state index contributed by atoms with van der Waals surface area (Å²) in [6.07, 6.45) is 1.46. The molecular weight excluding hydrogens is 362 g/mol. The molecule has 0 unspecified atom stereocenters. The van der Waals surface area contributed by atoms with Gasteiger partial charge in [-0.05, 0) is 42.2 Å². The van der Waals surface area contributed by atoms with Crippen molar-refractivity contribution in [2.75, 3.05) is 10.6 Å². The lowest BCUT2D eigenvalue weighted by Gasteiger charge is -2.16. The van der Waals surface area contributed by atoms with E-state index in [2.05, 4.69) is 34.4 Å². The predicted molar refractivity (Wildman–Crippen MR) is 105 cm³/mol. The molecule has 0 saturated heterocycles. The summed E-state index contributed by atoms with van der Waals surface area (Å²) in [7, 11) is 0. The van der Waals surface area contributed by atoms with Gasteiger partial charge in [0.2, 0.25) is 5.95 Å². The van der Waals surface area contributed by atoms with E-state index in [1.807, 2.05) is 25.1 Å². The van der Waals surface area contributed by atoms with Crippen LogP contribution in [-0.2, 0) is 0 Å². The van der Waals surface area contributed by atoms with E-state index in [-0.39, 0.29) is 17.3 Å². The minimum Gasteiger partial charge on any atom is -0.324 e. The van der Waals surface area contributed by atoms with E-state index in [0.717, 1.165) is 28.9 Å². The SMILES string of the molecule is Cc1cccc(C(C)C)c1Nc1nccc(C(=O)Nc2ccc(F)c(F)c2)n1. The van der Waals surface area contributed by atoms with Crippen molar-refractivity contribution in [2.24, 2.45) is 0 Å². The second-order valence-electron chi connectivity index (χ2n) is 6.67. The number of rotatable bonds is 5. The number of hydrogen-bond donors (Lipinski definition) is 2. The standard InChI is InChI=1S/C21H20F2N4O/c1-12(2)15-6-4-5-13(3)19(15)27-21-24-10-9-18(26-21)20(28)25-14-7-8-16(22)17(23)11-14/h4-12H,1-3H3,(H,25,28)(H,24,26,27). The monoisotopic (exact) mass is 382 g/mol. The first-order valence-corrected chi connectivity index (χ1v) is 8.81. The number of nitrogens with zero attached hydrogens (tertiary/aromatic N) is 2. The average Bonchev–Trinajstić information content (AvgIpc) is 2.66. The number of benzene rings is 2. The maximum atomic E-state index is 13.3. The van der Waals surface area contributed by atoms with Gasteiger partial charge < -0.3 is 10.6 Å². The van der Waals surface area contributed by atoms with Gasteiger partial charge in [0.25, 0.3) is 5.91 Å². The number of nitrogens with one attached hydrogen (secondary N) is 2. The second-order valence-corrected chi connectivity index (χ2v) is 6.67. The molecular formula is C21H20F2N4O. The number of carbonyl (C=O) groups excluding carboxylic acids is 1. The van der Waals surface area contributed by atoms with Crippen LogP contribution in [0, 0.1) is 18.6 Å². The summed E-state index contributed by atoms with van der Waals surface area (Å²) in [5.41, 5.74) is 3.28. The Morgan fingerprint density at radius 1 is 1.07 bits per heavy atom. The maximum absolute atomic E-state index is 13.3. The fourth-order valence-electron chi connectivity index (χ4n) is 2.77. The minimum atomic E-state index is -1.04. The highest BCUT2D eigenvalue weighted by molar-refractivity contribution is 6.03. The van der Waals surface area contributed by atoms with Gasteiger partial charge in [-0.2, -0.15) is 0 Å². The van der Waals surface area contributed by atoms with Crippen molar-refractivity contribution in [1.29, 1.82) is 0 Å². The molecule has 0 radical (unpaired) electrons. The molecule has 7 heteroatoms. The van der Waals surface area contributed by atoms with Crippen molar-refractivity contribution < 1.29 is 13.6 Å². The van der Waals surface area contributed by atoms with Crippen LogP contribution in [0.15, 0.2) is 48.7 Å². The summed E-state index contributed by atoms with van der Waals surface area (Å²) in [5, 5.41) is 5.68. The Kier molecular flexibility index (Phi) is 5.63. The molecule has 2 N–H and O–H groups in total. The first kappa shape index (κ1) is 19.4. The van der Waals surface area contributed by atoms with E-state index < -0.39 is 17.5 Å². The normalized spacial score (nSPS) is 10.8. The van der Waals surface area contributed by atoms with E-state index in [4.69, 9.17) is 0 Å². The van der Waals surface area contributed by atoms with Crippen LogP contribution in [0.2, 0.25) is 0 Å². The predicted octanol–water partition coefficient (Wildman–Crippen LogP) is 5.18. The van der Waals surface area contributed by atoms with Gasteiger partial charge in [0, 0.05) is 23.6 Å². The zero-order chi connectivity index (χ0) is 20.3. The first-order chi connectivity index (χ1) is 13.3. The number of aryl methyl sites for hydroxylation is 1. The van der Waals surface area contributed by atoms with Gasteiger partial charge in [0.15, 0.2) is 11.6 Å². The fraction of sp³-hybridized carbons (Fsp3) is 0.190. The van der Waals surface area contributed by atoms with Crippen molar-refractivity contribution in [3.8, 4) is 0 Å². The molecule has 5 nitrogen and oxygen atoms in total. The minimum absolute atomic E-state index is 0.0990. The molecule has 0 aliphatic heterocycles. The summed E-state index contributed by atoms with van der Waals surface area (Å²) < 4.78 is 26.3. The quantitative estimate of drug-likeness (QED) is 0.638. The van der Waals surface area contributed by atoms with Crippen LogP contribution >= 0.6 is 0 Å². The third kappa shape index (κ3) is 4.31. The Bertz CT molecular complexity index is 1020. The molecule has 0 atom stereocenters. The Balaban J connectivity index is 1.83. The molecule has 28 heavy (non-hydrogen) atoms. The molecule has 0 spiro atoms. The van der Waals surface area contributed by atoms with Crippen molar-refractivity contribution in [3.63, 3.8) is 0 Å². The highest BCUT2D eigenvalue weighted by Gasteiger charge is 2.14. The van der Waals surface area contributed by atoms with Gasteiger partial charge in [-0.25, -0.2) is 18.7 Å². The van der Waals surface area contributed by atoms with Gasteiger partial charge in [-0.1, -0.05) is 32.0 Å². The molecule has 1 amide bonds. The van der Waals surface area contributed by atoms with Crippen LogP contribution in [0.4, 0.5) is 26.1 Å². The van der Waals surface area contributed by atoms with Crippen LogP contribution in [-0.4, -0.2) is 15.9 Å². The van der Waals surface area contributed by atoms with Gasteiger partial charge in [-0.15, -0.1) is 0 Å². The molecule has 0 fully saturated rings. The number of para-hydroxylation sites is 1. The van der Waals surface area contributed by atoms with Crippen LogP contribution in [0.1, 0.15) is 41.4 Å². The highest BCUT2D eigenvalue weighted by Crippen LogP contribution is 2.29. The molecule has 0 bridgehead atoms. The van der Waals surface area contributed by atoms with Crippen LogP contribution in [0.25, 0.3) is 0 Å². The van der Waals surface area contributed by atoms with E-state index in [1.165, 1.54) is 18.3 Å². The number of carbonyl (C=O) groups is 1. The molecule has 2 aromatic carbocycles. The fourth-order valence-corrected chi connectivity index (χ4v) is 2.77. The topological polar surface area (TPSA) is 66.9 Å². The number of aromatic nitrogens is 2. The number of halogens is 2. The van der Waals surface area contributed by atoms with Crippen molar-refractivity contribution >= 4 is 23.2 Å². The Hall–Kier alpha value is -3.35. The number of hydrogen-bond acceptors (Lipinski definition) is 4. The summed E-state index contributed by atoms with van der Waals surface area (Å²) >= 11 is 0. The summed E-state index contributed by atoms with van der Waals surface area (Å²) in [6.45, 7) is 6.16. The molecule has 0 aliphatic carbocycles. The summed E-state index contributed by atoms with van der Waals surface area (Å²) in [6, 6.07) is 10.6. The summed E-state index contributed by atoms with van der Waals surface area (Å²) in [5.74, 6) is -2.00. The molecule has 3 aromatic rings. The molecule has 1 aromatic heterocycles. The van der Waals surface area contributed by atoms with Crippen LogP contribution < -0.4 is 10.6 Å². The zero-order valence-corrected chi connectivity index (χ0v) is 15.8.